The Balaban J connectivity index is 2.70. The Bertz CT molecular complexity index is 262. The molecule has 1 saturated heterocycles. The topological polar surface area (TPSA) is 98.7 Å². The van der Waals surface area contributed by atoms with Gasteiger partial charge in [-0.2, -0.15) is 5.01 Å². The molecule has 0 aromatic carbocycles. The van der Waals surface area contributed by atoms with Gasteiger partial charge in [0.05, 0.1) is 6.54 Å². The number of aliphatic carboxylic acids is 1. The molecule has 0 spiro atoms. The zero-order valence-electron chi connectivity index (χ0n) is 7.61. The SMILES string of the molecule is CCC(C(=O)O)N1CC(=O)NC(=O)N1. The van der Waals surface area contributed by atoms with Gasteiger partial charge in [0, 0.05) is 0 Å². The molecular weight excluding hydrogens is 190 g/mol. The molecule has 78 valence electrons. The summed E-state index contributed by atoms with van der Waals surface area (Å²) in [6.45, 7) is 1.52. The first-order valence-corrected chi connectivity index (χ1v) is 4.14. The number of nitrogens with one attached hydrogen (secondary N) is 2. The normalized spacial score (nSPS) is 19.8. The third-order valence-corrected chi connectivity index (χ3v) is 1.86. The number of hydrogen-bond acceptors (Lipinski definition) is 4. The molecule has 1 rings (SSSR count). The molecule has 1 fully saturated rings. The molecule has 3 amide bonds. The highest BCUT2D eigenvalue weighted by atomic mass is 16.4. The summed E-state index contributed by atoms with van der Waals surface area (Å²) in [5, 5.41) is 11.9. The van der Waals surface area contributed by atoms with Crippen LogP contribution in [0.3, 0.4) is 0 Å². The van der Waals surface area contributed by atoms with Crippen LogP contribution in [0, 0.1) is 0 Å². The highest BCUT2D eigenvalue weighted by molar-refractivity contribution is 5.97. The van der Waals surface area contributed by atoms with Crippen LogP contribution >= 0.6 is 0 Å². The molecule has 0 saturated carbocycles. The fourth-order valence-corrected chi connectivity index (χ4v) is 1.24. The quantitative estimate of drug-likeness (QED) is 0.538. The predicted octanol–water partition coefficient (Wildman–Crippen LogP) is -1.09. The molecule has 0 aliphatic carbocycles. The Labute approximate surface area is 80.0 Å². The third-order valence-electron chi connectivity index (χ3n) is 1.86. The first kappa shape index (κ1) is 10.5. The maximum absolute atomic E-state index is 10.9. The molecular formula is C7H11N3O4. The molecule has 1 unspecified atom stereocenters. The van der Waals surface area contributed by atoms with Crippen LogP contribution in [0.25, 0.3) is 0 Å². The van der Waals surface area contributed by atoms with Crippen molar-refractivity contribution in [2.24, 2.45) is 0 Å². The van der Waals surface area contributed by atoms with Crippen LogP contribution in [0.2, 0.25) is 0 Å². The lowest BCUT2D eigenvalue weighted by atomic mass is 10.2. The van der Waals surface area contributed by atoms with E-state index in [4.69, 9.17) is 5.11 Å². The number of amides is 3. The lowest BCUT2D eigenvalue weighted by Gasteiger charge is -2.30. The van der Waals surface area contributed by atoms with Crippen LogP contribution in [0.5, 0.6) is 0 Å². The van der Waals surface area contributed by atoms with Crippen molar-refractivity contribution in [3.8, 4) is 0 Å². The summed E-state index contributed by atoms with van der Waals surface area (Å²) in [7, 11) is 0. The second kappa shape index (κ2) is 4.05. The summed E-state index contributed by atoms with van der Waals surface area (Å²) >= 11 is 0. The summed E-state index contributed by atoms with van der Waals surface area (Å²) in [6, 6.07) is -1.56. The Morgan fingerprint density at radius 2 is 2.29 bits per heavy atom. The van der Waals surface area contributed by atoms with Gasteiger partial charge in [-0.05, 0) is 6.42 Å². The van der Waals surface area contributed by atoms with Crippen molar-refractivity contribution in [1.29, 1.82) is 0 Å². The molecule has 0 aromatic rings. The number of carboxylic acids is 1. The van der Waals surface area contributed by atoms with Crippen molar-refractivity contribution >= 4 is 17.9 Å². The number of carbonyl (C=O) groups excluding carboxylic acids is 2. The van der Waals surface area contributed by atoms with Crippen molar-refractivity contribution < 1.29 is 19.5 Å². The van der Waals surface area contributed by atoms with Crippen LogP contribution in [0.15, 0.2) is 0 Å². The van der Waals surface area contributed by atoms with Gasteiger partial charge in [-0.15, -0.1) is 0 Å². The van der Waals surface area contributed by atoms with Gasteiger partial charge >= 0.3 is 12.0 Å². The molecule has 1 aliphatic heterocycles. The summed E-state index contributed by atoms with van der Waals surface area (Å²) in [5.74, 6) is -1.57. The number of nitrogens with zero attached hydrogens (tertiary/aromatic N) is 1. The number of rotatable bonds is 3. The summed E-state index contributed by atoms with van der Waals surface area (Å²) in [6.07, 6.45) is 0.308. The van der Waals surface area contributed by atoms with Crippen molar-refractivity contribution in [2.75, 3.05) is 6.54 Å². The fourth-order valence-electron chi connectivity index (χ4n) is 1.24. The molecule has 3 N–H and O–H groups in total. The van der Waals surface area contributed by atoms with E-state index in [0.717, 1.165) is 5.01 Å². The molecule has 14 heavy (non-hydrogen) atoms. The van der Waals surface area contributed by atoms with Gasteiger partial charge in [0.1, 0.15) is 6.04 Å². The van der Waals surface area contributed by atoms with Crippen LogP contribution in [-0.4, -0.2) is 40.6 Å². The predicted molar refractivity (Wildman–Crippen MR) is 45.1 cm³/mol. The Morgan fingerprint density at radius 3 is 2.71 bits per heavy atom. The number of carboxylic acid groups (broad SMARTS) is 1. The van der Waals surface area contributed by atoms with Crippen molar-refractivity contribution in [3.63, 3.8) is 0 Å². The molecule has 1 heterocycles. The minimum atomic E-state index is -1.07. The van der Waals surface area contributed by atoms with Gasteiger partial charge in [0.25, 0.3) is 0 Å². The molecule has 7 heteroatoms. The number of urea groups is 1. The molecule has 1 aliphatic rings. The minimum absolute atomic E-state index is 0.142. The first-order chi connectivity index (χ1) is 6.54. The van der Waals surface area contributed by atoms with E-state index in [9.17, 15) is 14.4 Å². The largest absolute Gasteiger partial charge is 0.480 e. The molecule has 0 bridgehead atoms. The Morgan fingerprint density at radius 1 is 1.64 bits per heavy atom. The molecule has 1 atom stereocenters. The van der Waals surface area contributed by atoms with E-state index in [2.05, 4.69) is 5.43 Å². The Hall–Kier alpha value is -1.63. The van der Waals surface area contributed by atoms with Gasteiger partial charge in [0.15, 0.2) is 0 Å². The maximum Gasteiger partial charge on any atom is 0.336 e. The van der Waals surface area contributed by atoms with E-state index in [0.29, 0.717) is 6.42 Å². The number of imide groups is 1. The number of carbonyl (C=O) groups is 3. The van der Waals surface area contributed by atoms with E-state index in [1.165, 1.54) is 0 Å². The Kier molecular flexibility index (Phi) is 3.03. The molecule has 0 radical (unpaired) electrons. The van der Waals surface area contributed by atoms with Gasteiger partial charge < -0.3 is 5.11 Å². The monoisotopic (exact) mass is 201 g/mol. The van der Waals surface area contributed by atoms with Gasteiger partial charge in [0.2, 0.25) is 5.91 Å². The van der Waals surface area contributed by atoms with Crippen molar-refractivity contribution in [3.05, 3.63) is 0 Å². The lowest BCUT2D eigenvalue weighted by Crippen LogP contribution is -2.63. The lowest BCUT2D eigenvalue weighted by molar-refractivity contribution is -0.145. The number of hydrogen-bond donors (Lipinski definition) is 3. The average molecular weight is 201 g/mol. The zero-order chi connectivity index (χ0) is 10.7. The van der Waals surface area contributed by atoms with Crippen molar-refractivity contribution in [1.82, 2.24) is 15.8 Å². The maximum atomic E-state index is 10.9. The van der Waals surface area contributed by atoms with Crippen LogP contribution < -0.4 is 10.7 Å². The molecule has 7 nitrogen and oxygen atoms in total. The number of hydrazine groups is 1. The summed E-state index contributed by atoms with van der Waals surface area (Å²) < 4.78 is 0. The second-order valence-corrected chi connectivity index (χ2v) is 2.88. The van der Waals surface area contributed by atoms with E-state index in [-0.39, 0.29) is 6.54 Å². The highest BCUT2D eigenvalue weighted by Crippen LogP contribution is 2.03. The van der Waals surface area contributed by atoms with Crippen LogP contribution in [0.4, 0.5) is 4.79 Å². The third kappa shape index (κ3) is 2.19. The average Bonchev–Trinajstić information content (AvgIpc) is 2.02. The first-order valence-electron chi connectivity index (χ1n) is 4.14. The standard InChI is InChI=1S/C7H11N3O4/c1-2-4(6(12)13)10-3-5(11)8-7(14)9-10/h4H,2-3H2,1H3,(H,12,13)(H2,8,9,11,14). The van der Waals surface area contributed by atoms with Gasteiger partial charge in [-0.25, -0.2) is 4.79 Å². The van der Waals surface area contributed by atoms with Gasteiger partial charge in [-0.1, -0.05) is 6.92 Å². The van der Waals surface area contributed by atoms with Crippen molar-refractivity contribution in [2.45, 2.75) is 19.4 Å². The van der Waals surface area contributed by atoms with E-state index in [1.54, 1.807) is 6.92 Å². The zero-order valence-corrected chi connectivity index (χ0v) is 7.61. The van der Waals surface area contributed by atoms with Crippen LogP contribution in [-0.2, 0) is 9.59 Å². The van der Waals surface area contributed by atoms with Gasteiger partial charge in [-0.3, -0.25) is 20.3 Å². The second-order valence-electron chi connectivity index (χ2n) is 2.88. The molecule has 0 aromatic heterocycles. The minimum Gasteiger partial charge on any atom is -0.480 e. The van der Waals surface area contributed by atoms with E-state index in [1.807, 2.05) is 5.32 Å². The van der Waals surface area contributed by atoms with E-state index < -0.39 is 23.9 Å². The summed E-state index contributed by atoms with van der Waals surface area (Å²) in [4.78, 5) is 32.5. The van der Waals surface area contributed by atoms with E-state index >= 15 is 0 Å². The fraction of sp³-hybridized carbons (Fsp3) is 0.571. The summed E-state index contributed by atoms with van der Waals surface area (Å²) in [5.41, 5.74) is 2.26. The van der Waals surface area contributed by atoms with Crippen LogP contribution in [0.1, 0.15) is 13.3 Å². The highest BCUT2D eigenvalue weighted by Gasteiger charge is 2.30. The smallest absolute Gasteiger partial charge is 0.336 e.